The molecule has 54 heavy (non-hydrogen) atoms. The summed E-state index contributed by atoms with van der Waals surface area (Å²) in [7, 11) is -4.96. The molecule has 0 aromatic heterocycles. The van der Waals surface area contributed by atoms with Gasteiger partial charge in [-0.05, 0) is 88.1 Å². The Bertz CT molecular complexity index is 2570. The highest BCUT2D eigenvalue weighted by molar-refractivity contribution is 7.07. The van der Waals surface area contributed by atoms with E-state index in [2.05, 4.69) is 230 Å². The Morgan fingerprint density at radius 2 is 0.519 bits per heavy atom. The van der Waals surface area contributed by atoms with Crippen LogP contribution >= 0.6 is 0 Å². The highest BCUT2D eigenvalue weighted by atomic mass is 28.3. The second-order valence-electron chi connectivity index (χ2n) is 14.5. The fourth-order valence-electron chi connectivity index (χ4n) is 7.95. The Morgan fingerprint density at radius 1 is 0.296 bits per heavy atom. The average molecular weight is 719 g/mol. The molecular weight excluding hydrogens is 681 g/mol. The number of hydrogen-bond donors (Lipinski definition) is 0. The largest absolute Gasteiger partial charge is 0.196 e. The third-order valence-corrected chi connectivity index (χ3v) is 18.3. The van der Waals surface area contributed by atoms with Crippen molar-refractivity contribution in [2.75, 3.05) is 0 Å². The first-order chi connectivity index (χ1) is 26.5. The number of fused-ring (bicyclic) bond motifs is 4. The summed E-state index contributed by atoms with van der Waals surface area (Å²) in [6, 6.07) is 70.3. The highest BCUT2D eigenvalue weighted by Crippen LogP contribution is 2.37. The van der Waals surface area contributed by atoms with Gasteiger partial charge in [-0.3, -0.25) is 0 Å². The summed E-state index contributed by atoms with van der Waals surface area (Å²) in [4.78, 5) is 0. The van der Waals surface area contributed by atoms with Crippen molar-refractivity contribution in [3.8, 4) is 22.9 Å². The van der Waals surface area contributed by atoms with Gasteiger partial charge in [0.05, 0.1) is 0 Å². The van der Waals surface area contributed by atoms with Gasteiger partial charge in [-0.1, -0.05) is 195 Å². The van der Waals surface area contributed by atoms with E-state index >= 15 is 0 Å². The zero-order valence-electron chi connectivity index (χ0n) is 30.5. The Kier molecular flexibility index (Phi) is 8.57. The molecule has 0 N–H and O–H groups in total. The summed E-state index contributed by atoms with van der Waals surface area (Å²) >= 11 is 0. The molecule has 9 aromatic carbocycles. The lowest BCUT2D eigenvalue weighted by atomic mass is 9.89. The molecule has 0 aliphatic rings. The monoisotopic (exact) mass is 718 g/mol. The van der Waals surface area contributed by atoms with E-state index < -0.39 is 16.1 Å². The summed E-state index contributed by atoms with van der Waals surface area (Å²) < 4.78 is 0. The zero-order chi connectivity index (χ0) is 36.5. The van der Waals surface area contributed by atoms with Crippen molar-refractivity contribution in [3.05, 3.63) is 205 Å². The lowest BCUT2D eigenvalue weighted by Crippen LogP contribution is -2.54. The van der Waals surface area contributed by atoms with Crippen LogP contribution in [0.25, 0.3) is 43.1 Å². The minimum Gasteiger partial charge on any atom is -0.115 e. The van der Waals surface area contributed by atoms with E-state index in [1.807, 2.05) is 0 Å². The van der Waals surface area contributed by atoms with Gasteiger partial charge in [0.25, 0.3) is 0 Å². The fourth-order valence-corrected chi connectivity index (χ4v) is 13.4. The van der Waals surface area contributed by atoms with Gasteiger partial charge in [-0.2, -0.15) is 0 Å². The molecule has 0 amide bonds. The van der Waals surface area contributed by atoms with Crippen LogP contribution in [-0.2, 0) is 0 Å². The van der Waals surface area contributed by atoms with Crippen molar-refractivity contribution in [2.24, 2.45) is 0 Å². The Balaban J connectivity index is 1.40. The SMILES string of the molecule is C[Si](C#Cc1c2cc3ccccc3cc2c(C#C[Si](C)(c2ccccc2)c2ccccc2)c2cc3ccccc3cc12)(c1ccccc1)c1ccccc1. The number of rotatable bonds is 4. The molecule has 0 aliphatic carbocycles. The average Bonchev–Trinajstić information content (AvgIpc) is 3.24. The Morgan fingerprint density at radius 3 is 0.759 bits per heavy atom. The van der Waals surface area contributed by atoms with E-state index in [1.54, 1.807) is 0 Å². The Labute approximate surface area is 319 Å². The predicted octanol–water partition coefficient (Wildman–Crippen LogP) is 9.87. The van der Waals surface area contributed by atoms with Crippen molar-refractivity contribution in [3.63, 3.8) is 0 Å². The lowest BCUT2D eigenvalue weighted by molar-refractivity contribution is 1.70. The summed E-state index contributed by atoms with van der Waals surface area (Å²) in [6.45, 7) is 4.77. The standard InChI is InChI=1S/C52H38Si2/c1-53(43-23-7-3-8-24-43,44-25-9-4-10-26-44)33-31-47-49-35-39-19-15-17-21-41(39)37-51(49)48(52-38-42-22-18-16-20-40(42)36-50(47)52)32-34-54(2,45-27-11-5-12-28-45)46-29-13-6-14-30-46/h3-30,35-38H,1-2H3. The first-order valence-electron chi connectivity index (χ1n) is 18.6. The fraction of sp³-hybridized carbons (Fsp3) is 0.0385. The van der Waals surface area contributed by atoms with Gasteiger partial charge in [0.15, 0.2) is 16.1 Å². The third-order valence-electron chi connectivity index (χ3n) is 11.1. The van der Waals surface area contributed by atoms with Crippen LogP contribution in [0.1, 0.15) is 11.1 Å². The molecule has 0 bridgehead atoms. The van der Waals surface area contributed by atoms with Gasteiger partial charge in [0, 0.05) is 11.1 Å². The summed E-state index contributed by atoms with van der Waals surface area (Å²) in [5, 5.41) is 14.6. The molecule has 0 aliphatic heterocycles. The van der Waals surface area contributed by atoms with E-state index in [0.717, 1.165) is 32.7 Å². The van der Waals surface area contributed by atoms with Crippen LogP contribution in [0.3, 0.4) is 0 Å². The van der Waals surface area contributed by atoms with E-state index in [4.69, 9.17) is 0 Å². The molecule has 0 unspecified atom stereocenters. The first kappa shape index (κ1) is 33.4. The molecule has 254 valence electrons. The molecule has 0 atom stereocenters. The molecule has 0 saturated carbocycles. The molecule has 0 heterocycles. The second-order valence-corrected chi connectivity index (χ2v) is 21.8. The van der Waals surface area contributed by atoms with Gasteiger partial charge in [-0.15, -0.1) is 11.1 Å². The van der Waals surface area contributed by atoms with Crippen LogP contribution in [0.2, 0.25) is 13.1 Å². The maximum atomic E-state index is 4.00. The van der Waals surface area contributed by atoms with Crippen LogP contribution in [0.5, 0.6) is 0 Å². The summed E-state index contributed by atoms with van der Waals surface area (Å²) in [6.07, 6.45) is 0. The molecule has 2 heteroatoms. The van der Waals surface area contributed by atoms with Gasteiger partial charge < -0.3 is 0 Å². The van der Waals surface area contributed by atoms with Crippen LogP contribution in [0.15, 0.2) is 194 Å². The first-order valence-corrected chi connectivity index (χ1v) is 23.6. The highest BCUT2D eigenvalue weighted by Gasteiger charge is 2.31. The van der Waals surface area contributed by atoms with Crippen molar-refractivity contribution < 1.29 is 0 Å². The number of benzene rings is 9. The zero-order valence-corrected chi connectivity index (χ0v) is 32.5. The van der Waals surface area contributed by atoms with Crippen molar-refractivity contribution >= 4 is 80.0 Å². The van der Waals surface area contributed by atoms with Crippen molar-refractivity contribution in [1.29, 1.82) is 0 Å². The molecule has 0 spiro atoms. The van der Waals surface area contributed by atoms with Gasteiger partial charge in [0.1, 0.15) is 0 Å². The molecular formula is C52H38Si2. The summed E-state index contributed by atoms with van der Waals surface area (Å²) in [5.74, 6) is 7.84. The molecule has 9 rings (SSSR count). The summed E-state index contributed by atoms with van der Waals surface area (Å²) in [5.41, 5.74) is 10.1. The smallest absolute Gasteiger partial charge is 0.115 e. The van der Waals surface area contributed by atoms with E-state index in [9.17, 15) is 0 Å². The topological polar surface area (TPSA) is 0 Å². The van der Waals surface area contributed by atoms with Gasteiger partial charge in [0.2, 0.25) is 0 Å². The molecule has 0 nitrogen and oxygen atoms in total. The maximum absolute atomic E-state index is 4.00. The molecule has 0 saturated heterocycles. The lowest BCUT2D eigenvalue weighted by Gasteiger charge is -2.23. The molecule has 9 aromatic rings. The normalized spacial score (nSPS) is 11.6. The molecule has 0 radical (unpaired) electrons. The minimum atomic E-state index is -2.48. The van der Waals surface area contributed by atoms with E-state index in [0.29, 0.717) is 0 Å². The van der Waals surface area contributed by atoms with Crippen molar-refractivity contribution in [2.45, 2.75) is 13.1 Å². The van der Waals surface area contributed by atoms with Gasteiger partial charge in [-0.25, -0.2) is 0 Å². The quantitative estimate of drug-likeness (QED) is 0.0966. The van der Waals surface area contributed by atoms with Gasteiger partial charge >= 0.3 is 0 Å². The maximum Gasteiger partial charge on any atom is 0.196 e. The second kappa shape index (κ2) is 13.8. The Hall–Kier alpha value is -6.43. The van der Waals surface area contributed by atoms with Crippen LogP contribution in [0.4, 0.5) is 0 Å². The van der Waals surface area contributed by atoms with E-state index in [-0.39, 0.29) is 0 Å². The minimum absolute atomic E-state index is 1.07. The molecule has 0 fully saturated rings. The van der Waals surface area contributed by atoms with Crippen LogP contribution in [0, 0.1) is 22.9 Å². The van der Waals surface area contributed by atoms with E-state index in [1.165, 1.54) is 42.3 Å². The van der Waals surface area contributed by atoms with Crippen LogP contribution < -0.4 is 20.7 Å². The van der Waals surface area contributed by atoms with Crippen LogP contribution in [-0.4, -0.2) is 16.1 Å². The number of hydrogen-bond acceptors (Lipinski definition) is 0. The van der Waals surface area contributed by atoms with Crippen molar-refractivity contribution in [1.82, 2.24) is 0 Å². The predicted molar refractivity (Wildman–Crippen MR) is 238 cm³/mol. The third kappa shape index (κ3) is 5.93.